The Bertz CT molecular complexity index is 577. The quantitative estimate of drug-likeness (QED) is 0.852. The molecule has 5 heteroatoms. The van der Waals surface area contributed by atoms with Gasteiger partial charge in [-0.15, -0.1) is 0 Å². The van der Waals surface area contributed by atoms with E-state index in [0.29, 0.717) is 12.3 Å². The first kappa shape index (κ1) is 14.3. The van der Waals surface area contributed by atoms with E-state index in [-0.39, 0.29) is 17.6 Å². The summed E-state index contributed by atoms with van der Waals surface area (Å²) in [5.41, 5.74) is 1.04. The van der Waals surface area contributed by atoms with Crippen LogP contribution in [0, 0.1) is 5.82 Å². The maximum Gasteiger partial charge on any atom is 0.371 e. The number of benzene rings is 1. The number of carbonyl (C=O) groups is 1. The molecule has 0 aliphatic rings. The molecule has 0 bridgehead atoms. The fraction of sp³-hybridized carbons (Fsp3) is 0.267. The van der Waals surface area contributed by atoms with Gasteiger partial charge in [0, 0.05) is 6.04 Å². The molecule has 20 heavy (non-hydrogen) atoms. The molecule has 2 N–H and O–H groups in total. The predicted molar refractivity (Wildman–Crippen MR) is 72.1 cm³/mol. The van der Waals surface area contributed by atoms with Gasteiger partial charge in [-0.25, -0.2) is 9.18 Å². The monoisotopic (exact) mass is 277 g/mol. The molecule has 1 aromatic heterocycles. The number of aromatic carboxylic acids is 1. The van der Waals surface area contributed by atoms with E-state index >= 15 is 0 Å². The smallest absolute Gasteiger partial charge is 0.371 e. The second-order valence-electron chi connectivity index (χ2n) is 4.68. The Kier molecular flexibility index (Phi) is 4.53. The van der Waals surface area contributed by atoms with Crippen LogP contribution in [0.3, 0.4) is 0 Å². The number of hydrogen-bond donors (Lipinski definition) is 2. The van der Waals surface area contributed by atoms with Crippen LogP contribution in [0.4, 0.5) is 4.39 Å². The zero-order valence-electron chi connectivity index (χ0n) is 11.1. The normalized spacial score (nSPS) is 12.3. The standard InChI is InChI=1S/C15H16FNO3/c1-10(8-11-2-4-12(16)5-3-11)17-9-13-6-7-14(20-13)15(18)19/h2-7,10,17H,8-9H2,1H3,(H,18,19). The van der Waals surface area contributed by atoms with Crippen LogP contribution in [-0.2, 0) is 13.0 Å². The molecule has 1 unspecified atom stereocenters. The van der Waals surface area contributed by atoms with Crippen molar-refractivity contribution in [2.45, 2.75) is 25.9 Å². The van der Waals surface area contributed by atoms with E-state index < -0.39 is 5.97 Å². The van der Waals surface area contributed by atoms with E-state index in [0.717, 1.165) is 12.0 Å². The van der Waals surface area contributed by atoms with Gasteiger partial charge >= 0.3 is 5.97 Å². The van der Waals surface area contributed by atoms with E-state index in [1.807, 2.05) is 6.92 Å². The molecule has 1 heterocycles. The Labute approximate surface area is 116 Å². The van der Waals surface area contributed by atoms with Crippen molar-refractivity contribution in [2.24, 2.45) is 0 Å². The minimum Gasteiger partial charge on any atom is -0.475 e. The van der Waals surface area contributed by atoms with Crippen LogP contribution in [0.15, 0.2) is 40.8 Å². The van der Waals surface area contributed by atoms with Crippen LogP contribution >= 0.6 is 0 Å². The first-order valence-electron chi connectivity index (χ1n) is 6.34. The largest absolute Gasteiger partial charge is 0.475 e. The molecule has 0 saturated heterocycles. The minimum atomic E-state index is -1.07. The van der Waals surface area contributed by atoms with Crippen LogP contribution in [0.2, 0.25) is 0 Å². The lowest BCUT2D eigenvalue weighted by atomic mass is 10.1. The highest BCUT2D eigenvalue weighted by atomic mass is 19.1. The maximum atomic E-state index is 12.8. The Morgan fingerprint density at radius 1 is 1.30 bits per heavy atom. The zero-order chi connectivity index (χ0) is 14.5. The summed E-state index contributed by atoms with van der Waals surface area (Å²) in [6.45, 7) is 2.46. The third-order valence-electron chi connectivity index (χ3n) is 2.95. The predicted octanol–water partition coefficient (Wildman–Crippen LogP) is 2.84. The molecule has 0 spiro atoms. The van der Waals surface area contributed by atoms with Crippen molar-refractivity contribution in [3.63, 3.8) is 0 Å². The van der Waals surface area contributed by atoms with E-state index in [2.05, 4.69) is 5.32 Å². The highest BCUT2D eigenvalue weighted by Gasteiger charge is 2.10. The van der Waals surface area contributed by atoms with Crippen LogP contribution in [0.25, 0.3) is 0 Å². The van der Waals surface area contributed by atoms with Gasteiger partial charge in [-0.3, -0.25) is 0 Å². The Morgan fingerprint density at radius 3 is 2.60 bits per heavy atom. The molecular weight excluding hydrogens is 261 g/mol. The number of nitrogens with one attached hydrogen (secondary N) is 1. The van der Waals surface area contributed by atoms with E-state index in [9.17, 15) is 9.18 Å². The highest BCUT2D eigenvalue weighted by Crippen LogP contribution is 2.09. The van der Waals surface area contributed by atoms with Gasteiger partial charge in [0.25, 0.3) is 0 Å². The van der Waals surface area contributed by atoms with Gasteiger partial charge in [0.15, 0.2) is 0 Å². The molecule has 0 aliphatic heterocycles. The summed E-state index contributed by atoms with van der Waals surface area (Å²) in [7, 11) is 0. The van der Waals surface area contributed by atoms with Crippen LogP contribution in [0.5, 0.6) is 0 Å². The average Bonchev–Trinajstić information content (AvgIpc) is 2.88. The molecule has 4 nitrogen and oxygen atoms in total. The van der Waals surface area contributed by atoms with Crippen molar-refractivity contribution < 1.29 is 18.7 Å². The van der Waals surface area contributed by atoms with Gasteiger partial charge in [0.05, 0.1) is 6.54 Å². The van der Waals surface area contributed by atoms with Crippen molar-refractivity contribution in [2.75, 3.05) is 0 Å². The van der Waals surface area contributed by atoms with Gasteiger partial charge in [-0.05, 0) is 43.2 Å². The van der Waals surface area contributed by atoms with Gasteiger partial charge < -0.3 is 14.8 Å². The number of carboxylic acid groups (broad SMARTS) is 1. The molecule has 0 aliphatic carbocycles. The molecule has 0 fully saturated rings. The van der Waals surface area contributed by atoms with E-state index in [1.165, 1.54) is 18.2 Å². The highest BCUT2D eigenvalue weighted by molar-refractivity contribution is 5.84. The summed E-state index contributed by atoms with van der Waals surface area (Å²) in [5, 5.41) is 12.0. The topological polar surface area (TPSA) is 62.5 Å². The van der Waals surface area contributed by atoms with Gasteiger partial charge in [-0.2, -0.15) is 0 Å². The van der Waals surface area contributed by atoms with Crippen LogP contribution < -0.4 is 5.32 Å². The van der Waals surface area contributed by atoms with Crippen molar-refractivity contribution in [1.29, 1.82) is 0 Å². The average molecular weight is 277 g/mol. The van der Waals surface area contributed by atoms with Gasteiger partial charge in [0.1, 0.15) is 11.6 Å². The third-order valence-corrected chi connectivity index (χ3v) is 2.95. The lowest BCUT2D eigenvalue weighted by Gasteiger charge is -2.12. The summed E-state index contributed by atoms with van der Waals surface area (Å²) in [6.07, 6.45) is 0.757. The molecule has 0 saturated carbocycles. The number of halogens is 1. The van der Waals surface area contributed by atoms with Crippen molar-refractivity contribution in [3.8, 4) is 0 Å². The van der Waals surface area contributed by atoms with Crippen molar-refractivity contribution in [3.05, 3.63) is 59.3 Å². The molecular formula is C15H16FNO3. The Balaban J connectivity index is 1.83. The first-order valence-corrected chi connectivity index (χ1v) is 6.34. The van der Waals surface area contributed by atoms with Crippen molar-refractivity contribution in [1.82, 2.24) is 5.32 Å². The Hall–Kier alpha value is -2.14. The number of rotatable bonds is 6. The SMILES string of the molecule is CC(Cc1ccc(F)cc1)NCc1ccc(C(=O)O)o1. The second-order valence-corrected chi connectivity index (χ2v) is 4.68. The summed E-state index contributed by atoms with van der Waals surface area (Å²) in [5.74, 6) is -0.803. The fourth-order valence-electron chi connectivity index (χ4n) is 1.91. The molecule has 106 valence electrons. The molecule has 1 atom stereocenters. The number of carboxylic acids is 1. The third kappa shape index (κ3) is 3.93. The molecule has 1 aromatic carbocycles. The van der Waals surface area contributed by atoms with E-state index in [4.69, 9.17) is 9.52 Å². The van der Waals surface area contributed by atoms with Gasteiger partial charge in [-0.1, -0.05) is 12.1 Å². The zero-order valence-corrected chi connectivity index (χ0v) is 11.1. The molecule has 2 aromatic rings. The maximum absolute atomic E-state index is 12.8. The lowest BCUT2D eigenvalue weighted by molar-refractivity contribution is 0.0660. The Morgan fingerprint density at radius 2 is 2.00 bits per heavy atom. The number of furan rings is 1. The molecule has 0 radical (unpaired) electrons. The first-order chi connectivity index (χ1) is 9.54. The lowest BCUT2D eigenvalue weighted by Crippen LogP contribution is -2.27. The van der Waals surface area contributed by atoms with E-state index in [1.54, 1.807) is 18.2 Å². The van der Waals surface area contributed by atoms with Crippen LogP contribution in [-0.4, -0.2) is 17.1 Å². The minimum absolute atomic E-state index is 0.0620. The number of hydrogen-bond acceptors (Lipinski definition) is 3. The molecule has 2 rings (SSSR count). The second kappa shape index (κ2) is 6.34. The summed E-state index contributed by atoms with van der Waals surface area (Å²) < 4.78 is 17.9. The molecule has 0 amide bonds. The van der Waals surface area contributed by atoms with Crippen molar-refractivity contribution >= 4 is 5.97 Å². The summed E-state index contributed by atoms with van der Waals surface area (Å²) in [6, 6.07) is 9.62. The summed E-state index contributed by atoms with van der Waals surface area (Å²) in [4.78, 5) is 10.7. The van der Waals surface area contributed by atoms with Crippen LogP contribution in [0.1, 0.15) is 28.8 Å². The summed E-state index contributed by atoms with van der Waals surface area (Å²) >= 11 is 0. The van der Waals surface area contributed by atoms with Gasteiger partial charge in [0.2, 0.25) is 5.76 Å². The fourth-order valence-corrected chi connectivity index (χ4v) is 1.91.